The van der Waals surface area contributed by atoms with Gasteiger partial charge in [0.15, 0.2) is 0 Å². The molecule has 0 rings (SSSR count). The normalized spacial score (nSPS) is 14.1. The molecule has 29 heavy (non-hydrogen) atoms. The number of hydrogen-bond acceptors (Lipinski definition) is 6. The monoisotopic (exact) mass is 418 g/mol. The van der Waals surface area contributed by atoms with E-state index in [1.807, 2.05) is 13.8 Å². The number of nitrogens with zero attached hydrogens (tertiary/aromatic N) is 1. The smallest absolute Gasteiger partial charge is 0.107 e. The highest BCUT2D eigenvalue weighted by atomic mass is 16.6. The highest BCUT2D eigenvalue weighted by molar-refractivity contribution is 4.79. The number of hydrogen-bond donors (Lipinski definition) is 1. The van der Waals surface area contributed by atoms with Gasteiger partial charge >= 0.3 is 0 Å². The van der Waals surface area contributed by atoms with Crippen LogP contribution in [0.3, 0.4) is 0 Å². The van der Waals surface area contributed by atoms with Gasteiger partial charge in [-0.2, -0.15) is 0 Å². The SMILES string of the molecule is CCOC(C)(C)CCN(CCC(C)(C)OCC)CCC(C)(C)OCC(C)(C)ON. The molecule has 0 atom stereocenters. The van der Waals surface area contributed by atoms with Gasteiger partial charge in [-0.05, 0) is 88.5 Å². The molecule has 0 unspecified atom stereocenters. The number of ether oxygens (including phenoxy) is 3. The molecule has 0 bridgehead atoms. The Balaban J connectivity index is 4.86. The first-order valence-corrected chi connectivity index (χ1v) is 11.2. The summed E-state index contributed by atoms with van der Waals surface area (Å²) in [6.45, 7) is 25.8. The summed E-state index contributed by atoms with van der Waals surface area (Å²) in [6.07, 6.45) is 2.91. The van der Waals surface area contributed by atoms with Crippen LogP contribution in [0.1, 0.15) is 88.5 Å². The predicted octanol–water partition coefficient (Wildman–Crippen LogP) is 4.55. The number of rotatable bonds is 17. The Bertz CT molecular complexity index is 415. The highest BCUT2D eigenvalue weighted by Gasteiger charge is 2.27. The van der Waals surface area contributed by atoms with E-state index in [9.17, 15) is 0 Å². The molecule has 0 aromatic rings. The maximum absolute atomic E-state index is 6.12. The van der Waals surface area contributed by atoms with Crippen LogP contribution in [0.5, 0.6) is 0 Å². The fourth-order valence-electron chi connectivity index (χ4n) is 3.02. The fourth-order valence-corrected chi connectivity index (χ4v) is 3.02. The van der Waals surface area contributed by atoms with E-state index < -0.39 is 5.60 Å². The maximum Gasteiger partial charge on any atom is 0.107 e. The second kappa shape index (κ2) is 12.6. The lowest BCUT2D eigenvalue weighted by atomic mass is 10.0. The van der Waals surface area contributed by atoms with E-state index in [0.717, 1.165) is 52.1 Å². The quantitative estimate of drug-likeness (QED) is 0.350. The maximum atomic E-state index is 6.12. The van der Waals surface area contributed by atoms with Crippen LogP contribution in [0.4, 0.5) is 0 Å². The van der Waals surface area contributed by atoms with Crippen molar-refractivity contribution in [2.45, 2.75) is 111 Å². The van der Waals surface area contributed by atoms with Crippen LogP contribution in [-0.4, -0.2) is 66.8 Å². The second-order valence-corrected chi connectivity index (χ2v) is 10.4. The second-order valence-electron chi connectivity index (χ2n) is 10.4. The Kier molecular flexibility index (Phi) is 12.5. The average molecular weight is 419 g/mol. The van der Waals surface area contributed by atoms with Gasteiger partial charge in [-0.1, -0.05) is 0 Å². The van der Waals surface area contributed by atoms with Gasteiger partial charge in [-0.25, -0.2) is 5.90 Å². The lowest BCUT2D eigenvalue weighted by Crippen LogP contribution is -2.41. The van der Waals surface area contributed by atoms with E-state index in [0.29, 0.717) is 6.61 Å². The third-order valence-corrected chi connectivity index (χ3v) is 5.29. The van der Waals surface area contributed by atoms with Crippen molar-refractivity contribution in [1.82, 2.24) is 4.90 Å². The summed E-state index contributed by atoms with van der Waals surface area (Å²) in [5.74, 6) is 5.36. The minimum absolute atomic E-state index is 0.114. The van der Waals surface area contributed by atoms with E-state index in [1.165, 1.54) is 0 Å². The van der Waals surface area contributed by atoms with Crippen LogP contribution < -0.4 is 5.90 Å². The summed E-state index contributed by atoms with van der Waals surface area (Å²) in [5, 5.41) is 0. The van der Waals surface area contributed by atoms with E-state index in [1.54, 1.807) is 0 Å². The highest BCUT2D eigenvalue weighted by Crippen LogP contribution is 2.22. The molecule has 0 saturated carbocycles. The summed E-state index contributed by atoms with van der Waals surface area (Å²) in [5.41, 5.74) is -0.965. The largest absolute Gasteiger partial charge is 0.376 e. The first kappa shape index (κ1) is 28.8. The van der Waals surface area contributed by atoms with E-state index >= 15 is 0 Å². The van der Waals surface area contributed by atoms with Crippen LogP contribution in [0.2, 0.25) is 0 Å². The van der Waals surface area contributed by atoms with Crippen molar-refractivity contribution in [1.29, 1.82) is 0 Å². The van der Waals surface area contributed by atoms with Crippen molar-refractivity contribution in [2.24, 2.45) is 5.90 Å². The summed E-state index contributed by atoms with van der Waals surface area (Å²) in [7, 11) is 0. The molecular formula is C23H50N2O4. The molecule has 0 radical (unpaired) electrons. The first-order valence-electron chi connectivity index (χ1n) is 11.2. The first-order chi connectivity index (χ1) is 13.2. The molecule has 0 heterocycles. The van der Waals surface area contributed by atoms with Crippen molar-refractivity contribution >= 4 is 0 Å². The molecule has 0 aromatic heterocycles. The molecule has 0 spiro atoms. The molecule has 0 aliphatic rings. The summed E-state index contributed by atoms with van der Waals surface area (Å²) in [6, 6.07) is 0. The predicted molar refractivity (Wildman–Crippen MR) is 121 cm³/mol. The van der Waals surface area contributed by atoms with Crippen LogP contribution in [0.25, 0.3) is 0 Å². The van der Waals surface area contributed by atoms with Gasteiger partial charge in [0.05, 0.1) is 23.4 Å². The molecule has 6 heteroatoms. The van der Waals surface area contributed by atoms with E-state index in [-0.39, 0.29) is 16.8 Å². The molecule has 0 aliphatic heterocycles. The Labute approximate surface area is 180 Å². The lowest BCUT2D eigenvalue weighted by Gasteiger charge is -2.35. The zero-order valence-corrected chi connectivity index (χ0v) is 21.0. The topological polar surface area (TPSA) is 66.2 Å². The molecule has 2 N–H and O–H groups in total. The van der Waals surface area contributed by atoms with Gasteiger partial charge in [0.1, 0.15) is 5.60 Å². The molecule has 176 valence electrons. The minimum Gasteiger partial charge on any atom is -0.376 e. The van der Waals surface area contributed by atoms with Gasteiger partial charge < -0.3 is 19.1 Å². The van der Waals surface area contributed by atoms with Gasteiger partial charge in [0, 0.05) is 32.8 Å². The van der Waals surface area contributed by atoms with Crippen LogP contribution in [-0.2, 0) is 19.0 Å². The van der Waals surface area contributed by atoms with Crippen LogP contribution in [0, 0.1) is 0 Å². The van der Waals surface area contributed by atoms with Crippen LogP contribution >= 0.6 is 0 Å². The Morgan fingerprint density at radius 2 is 0.931 bits per heavy atom. The zero-order valence-electron chi connectivity index (χ0n) is 21.0. The Morgan fingerprint density at radius 1 is 0.586 bits per heavy atom. The van der Waals surface area contributed by atoms with E-state index in [2.05, 4.69) is 60.3 Å². The van der Waals surface area contributed by atoms with Crippen LogP contribution in [0.15, 0.2) is 0 Å². The van der Waals surface area contributed by atoms with Gasteiger partial charge in [-0.3, -0.25) is 4.84 Å². The lowest BCUT2D eigenvalue weighted by molar-refractivity contribution is -0.125. The standard InChI is InChI=1S/C23H50N2O4/c1-11-26-20(3,4)13-16-25(17-14-21(5,6)27-12-2)18-15-22(7,8)28-19-23(9,10)29-24/h11-19,24H2,1-10H3. The summed E-state index contributed by atoms with van der Waals surface area (Å²) >= 11 is 0. The average Bonchev–Trinajstić information content (AvgIpc) is 2.59. The molecule has 0 amide bonds. The van der Waals surface area contributed by atoms with Crippen molar-refractivity contribution < 1.29 is 19.0 Å². The van der Waals surface area contributed by atoms with E-state index in [4.69, 9.17) is 24.9 Å². The van der Waals surface area contributed by atoms with Gasteiger partial charge in [0.2, 0.25) is 0 Å². The summed E-state index contributed by atoms with van der Waals surface area (Å²) < 4.78 is 17.9. The number of nitrogens with two attached hydrogens (primary N) is 1. The molecule has 6 nitrogen and oxygen atoms in total. The van der Waals surface area contributed by atoms with Crippen molar-refractivity contribution in [3.8, 4) is 0 Å². The van der Waals surface area contributed by atoms with Gasteiger partial charge in [0.25, 0.3) is 0 Å². The molecule has 0 saturated heterocycles. The summed E-state index contributed by atoms with van der Waals surface area (Å²) in [4.78, 5) is 7.50. The molecular weight excluding hydrogens is 368 g/mol. The molecule has 0 aromatic carbocycles. The molecule has 0 aliphatic carbocycles. The van der Waals surface area contributed by atoms with Gasteiger partial charge in [-0.15, -0.1) is 0 Å². The van der Waals surface area contributed by atoms with Crippen molar-refractivity contribution in [3.05, 3.63) is 0 Å². The fraction of sp³-hybridized carbons (Fsp3) is 1.00. The minimum atomic E-state index is -0.486. The Morgan fingerprint density at radius 3 is 1.24 bits per heavy atom. The molecule has 0 fully saturated rings. The Hall–Kier alpha value is -0.240. The zero-order chi connectivity index (χ0) is 22.8. The van der Waals surface area contributed by atoms with Crippen molar-refractivity contribution in [3.63, 3.8) is 0 Å². The van der Waals surface area contributed by atoms with Crippen molar-refractivity contribution in [2.75, 3.05) is 39.5 Å². The third kappa shape index (κ3) is 14.4. The third-order valence-electron chi connectivity index (χ3n) is 5.29.